The van der Waals surface area contributed by atoms with Gasteiger partial charge in [0.05, 0.1) is 5.69 Å². The molecule has 0 aromatic heterocycles. The molecule has 0 fully saturated rings. The average Bonchev–Trinajstić information content (AvgIpc) is 2.37. The molecule has 2 rings (SSSR count). The summed E-state index contributed by atoms with van der Waals surface area (Å²) in [7, 11) is 0. The number of nitrogen functional groups attached to an aromatic ring is 1. The fourth-order valence-electron chi connectivity index (χ4n) is 1.91. The van der Waals surface area contributed by atoms with Crippen LogP contribution in [-0.2, 0) is 12.0 Å². The summed E-state index contributed by atoms with van der Waals surface area (Å²) >= 11 is 3.38. The lowest BCUT2D eigenvalue weighted by Crippen LogP contribution is -2.10. The number of halogens is 1. The van der Waals surface area contributed by atoms with Gasteiger partial charge in [-0.25, -0.2) is 0 Å². The molecule has 2 nitrogen and oxygen atoms in total. The number of hydrogen-bond acceptors (Lipinski definition) is 2. The van der Waals surface area contributed by atoms with Gasteiger partial charge < -0.3 is 10.5 Å². The standard InChI is InChI=1S/C17H20BrNO/c1-17(2,3)13-6-4-12(5-7-13)11-20-16-9-8-14(18)10-15(16)19/h4-10H,11,19H2,1-3H3. The first kappa shape index (κ1) is 14.9. The van der Waals surface area contributed by atoms with E-state index in [-0.39, 0.29) is 5.41 Å². The Morgan fingerprint density at radius 1 is 1.05 bits per heavy atom. The van der Waals surface area contributed by atoms with Crippen LogP contribution in [0.1, 0.15) is 31.9 Å². The molecule has 0 saturated heterocycles. The van der Waals surface area contributed by atoms with E-state index in [2.05, 4.69) is 61.0 Å². The molecule has 0 aliphatic rings. The summed E-state index contributed by atoms with van der Waals surface area (Å²) in [6.45, 7) is 7.15. The molecule has 20 heavy (non-hydrogen) atoms. The normalized spacial score (nSPS) is 11.4. The van der Waals surface area contributed by atoms with Crippen molar-refractivity contribution in [3.63, 3.8) is 0 Å². The zero-order chi connectivity index (χ0) is 14.8. The predicted octanol–water partition coefficient (Wildman–Crippen LogP) is 4.91. The van der Waals surface area contributed by atoms with Crippen molar-refractivity contribution in [2.45, 2.75) is 32.8 Å². The summed E-state index contributed by atoms with van der Waals surface area (Å²) in [5, 5.41) is 0. The first-order chi connectivity index (χ1) is 9.36. The fraction of sp³-hybridized carbons (Fsp3) is 0.294. The van der Waals surface area contributed by atoms with Crippen molar-refractivity contribution in [1.29, 1.82) is 0 Å². The summed E-state index contributed by atoms with van der Waals surface area (Å²) in [6.07, 6.45) is 0. The highest BCUT2D eigenvalue weighted by atomic mass is 79.9. The van der Waals surface area contributed by atoms with Crippen LogP contribution in [0.2, 0.25) is 0 Å². The van der Waals surface area contributed by atoms with E-state index in [1.165, 1.54) is 5.56 Å². The van der Waals surface area contributed by atoms with Gasteiger partial charge in [-0.1, -0.05) is 61.0 Å². The van der Waals surface area contributed by atoms with Gasteiger partial charge in [0.25, 0.3) is 0 Å². The minimum atomic E-state index is 0.176. The van der Waals surface area contributed by atoms with Crippen LogP contribution >= 0.6 is 15.9 Å². The Morgan fingerprint density at radius 2 is 1.70 bits per heavy atom. The van der Waals surface area contributed by atoms with Gasteiger partial charge in [-0.3, -0.25) is 0 Å². The SMILES string of the molecule is CC(C)(C)c1ccc(COc2ccc(Br)cc2N)cc1. The Morgan fingerprint density at radius 3 is 2.25 bits per heavy atom. The van der Waals surface area contributed by atoms with Gasteiger partial charge in [0, 0.05) is 4.47 Å². The Balaban J connectivity index is 2.04. The van der Waals surface area contributed by atoms with Crippen LogP contribution in [0.25, 0.3) is 0 Å². The van der Waals surface area contributed by atoms with E-state index in [4.69, 9.17) is 10.5 Å². The van der Waals surface area contributed by atoms with Crippen LogP contribution in [0.3, 0.4) is 0 Å². The van der Waals surface area contributed by atoms with E-state index in [0.29, 0.717) is 18.0 Å². The molecule has 0 amide bonds. The lowest BCUT2D eigenvalue weighted by atomic mass is 9.87. The summed E-state index contributed by atoms with van der Waals surface area (Å²) in [6, 6.07) is 14.2. The van der Waals surface area contributed by atoms with Crippen molar-refractivity contribution in [3.8, 4) is 5.75 Å². The van der Waals surface area contributed by atoms with Crippen molar-refractivity contribution in [2.24, 2.45) is 0 Å². The van der Waals surface area contributed by atoms with Crippen LogP contribution in [0.4, 0.5) is 5.69 Å². The minimum Gasteiger partial charge on any atom is -0.487 e. The molecule has 0 unspecified atom stereocenters. The van der Waals surface area contributed by atoms with Gasteiger partial charge >= 0.3 is 0 Å². The minimum absolute atomic E-state index is 0.176. The number of hydrogen-bond donors (Lipinski definition) is 1. The maximum Gasteiger partial charge on any atom is 0.142 e. The van der Waals surface area contributed by atoms with Gasteiger partial charge in [0.1, 0.15) is 12.4 Å². The molecule has 0 saturated carbocycles. The van der Waals surface area contributed by atoms with Crippen LogP contribution < -0.4 is 10.5 Å². The van der Waals surface area contributed by atoms with Crippen LogP contribution in [0, 0.1) is 0 Å². The van der Waals surface area contributed by atoms with Crippen molar-refractivity contribution in [3.05, 3.63) is 58.1 Å². The molecule has 106 valence electrons. The summed E-state index contributed by atoms with van der Waals surface area (Å²) in [5.74, 6) is 0.716. The summed E-state index contributed by atoms with van der Waals surface area (Å²) < 4.78 is 6.71. The number of ether oxygens (including phenoxy) is 1. The lowest BCUT2D eigenvalue weighted by Gasteiger charge is -2.19. The van der Waals surface area contributed by atoms with Crippen molar-refractivity contribution < 1.29 is 4.74 Å². The summed E-state index contributed by atoms with van der Waals surface area (Å²) in [5.41, 5.74) is 9.19. The maximum atomic E-state index is 5.91. The van der Waals surface area contributed by atoms with Gasteiger partial charge in [0.15, 0.2) is 0 Å². The highest BCUT2D eigenvalue weighted by Gasteiger charge is 2.12. The zero-order valence-corrected chi connectivity index (χ0v) is 13.7. The van der Waals surface area contributed by atoms with E-state index in [9.17, 15) is 0 Å². The molecular formula is C17H20BrNO. The third kappa shape index (κ3) is 3.76. The van der Waals surface area contributed by atoms with Crippen molar-refractivity contribution >= 4 is 21.6 Å². The quantitative estimate of drug-likeness (QED) is 0.810. The molecule has 0 spiro atoms. The third-order valence-electron chi connectivity index (χ3n) is 3.19. The number of nitrogens with two attached hydrogens (primary N) is 1. The molecule has 0 aliphatic carbocycles. The molecular weight excluding hydrogens is 314 g/mol. The Labute approximate surface area is 129 Å². The van der Waals surface area contributed by atoms with E-state index < -0.39 is 0 Å². The smallest absolute Gasteiger partial charge is 0.142 e. The van der Waals surface area contributed by atoms with Gasteiger partial charge in [-0.15, -0.1) is 0 Å². The number of anilines is 1. The maximum absolute atomic E-state index is 5.91. The van der Waals surface area contributed by atoms with Crippen molar-refractivity contribution in [2.75, 3.05) is 5.73 Å². The average molecular weight is 334 g/mol. The van der Waals surface area contributed by atoms with Crippen LogP contribution in [0.5, 0.6) is 5.75 Å². The Bertz CT molecular complexity index is 585. The first-order valence-electron chi connectivity index (χ1n) is 6.63. The van der Waals surface area contributed by atoms with E-state index >= 15 is 0 Å². The Kier molecular flexibility index (Phi) is 4.39. The first-order valence-corrected chi connectivity index (χ1v) is 7.43. The van der Waals surface area contributed by atoms with E-state index in [1.807, 2.05) is 18.2 Å². The molecule has 2 aromatic rings. The fourth-order valence-corrected chi connectivity index (χ4v) is 2.29. The summed E-state index contributed by atoms with van der Waals surface area (Å²) in [4.78, 5) is 0. The molecule has 0 heterocycles. The van der Waals surface area contributed by atoms with E-state index in [1.54, 1.807) is 0 Å². The topological polar surface area (TPSA) is 35.2 Å². The molecule has 2 aromatic carbocycles. The highest BCUT2D eigenvalue weighted by molar-refractivity contribution is 9.10. The number of rotatable bonds is 3. The van der Waals surface area contributed by atoms with E-state index in [0.717, 1.165) is 10.0 Å². The largest absolute Gasteiger partial charge is 0.487 e. The Hall–Kier alpha value is -1.48. The van der Waals surface area contributed by atoms with Crippen molar-refractivity contribution in [1.82, 2.24) is 0 Å². The second-order valence-electron chi connectivity index (χ2n) is 5.92. The predicted molar refractivity (Wildman–Crippen MR) is 88.0 cm³/mol. The molecule has 0 atom stereocenters. The third-order valence-corrected chi connectivity index (χ3v) is 3.68. The van der Waals surface area contributed by atoms with Gasteiger partial charge in [0.2, 0.25) is 0 Å². The second-order valence-corrected chi connectivity index (χ2v) is 6.83. The van der Waals surface area contributed by atoms with Gasteiger partial charge in [-0.05, 0) is 34.7 Å². The molecule has 0 aliphatic heterocycles. The highest BCUT2D eigenvalue weighted by Crippen LogP contribution is 2.26. The molecule has 0 radical (unpaired) electrons. The number of benzene rings is 2. The zero-order valence-electron chi connectivity index (χ0n) is 12.1. The second kappa shape index (κ2) is 5.88. The monoisotopic (exact) mass is 333 g/mol. The lowest BCUT2D eigenvalue weighted by molar-refractivity contribution is 0.308. The molecule has 2 N–H and O–H groups in total. The molecule has 3 heteroatoms. The van der Waals surface area contributed by atoms with Crippen LogP contribution in [0.15, 0.2) is 46.9 Å². The molecule has 0 bridgehead atoms. The van der Waals surface area contributed by atoms with Gasteiger partial charge in [-0.2, -0.15) is 0 Å². The van der Waals surface area contributed by atoms with Crippen LogP contribution in [-0.4, -0.2) is 0 Å².